The van der Waals surface area contributed by atoms with Gasteiger partial charge < -0.3 is 20.5 Å². The lowest BCUT2D eigenvalue weighted by Gasteiger charge is -2.12. The highest BCUT2D eigenvalue weighted by atomic mass is 19.4. The van der Waals surface area contributed by atoms with E-state index in [-0.39, 0.29) is 23.4 Å². The minimum Gasteiger partial charge on any atom is -0.493 e. The van der Waals surface area contributed by atoms with Gasteiger partial charge in [0.1, 0.15) is 17.3 Å². The van der Waals surface area contributed by atoms with Crippen LogP contribution in [0.1, 0.15) is 27.9 Å². The molecule has 0 bridgehead atoms. The monoisotopic (exact) mass is 508 g/mol. The number of aliphatic hydroxyl groups is 1. The summed E-state index contributed by atoms with van der Waals surface area (Å²) in [4.78, 5) is 24.9. The molecule has 0 aliphatic carbocycles. The lowest BCUT2D eigenvalue weighted by molar-refractivity contribution is -0.140. The molecule has 2 rings (SSSR count). The van der Waals surface area contributed by atoms with Crippen LogP contribution in [0.4, 0.5) is 30.7 Å². The van der Waals surface area contributed by atoms with E-state index in [9.17, 15) is 40.3 Å². The summed E-state index contributed by atoms with van der Waals surface area (Å²) in [6, 6.07) is 6.77. The van der Waals surface area contributed by atoms with Crippen molar-refractivity contribution in [2.75, 3.05) is 19.8 Å². The Balaban J connectivity index is 2.20. The first-order valence-corrected chi connectivity index (χ1v) is 9.88. The molecule has 0 aromatic heterocycles. The molecule has 0 aliphatic rings. The number of carbonyl (C=O) groups excluding carboxylic acids is 2. The molecule has 2 amide bonds. The van der Waals surface area contributed by atoms with Gasteiger partial charge in [-0.15, -0.1) is 0 Å². The standard InChI is InChI=1S/C22H19F7N2O4/c23-17-11-13(1-6-16(17)22(27,28)29)12-18(20(34)30-8-9-32)31-19(33)14-2-4-15(5-3-14)35-10-7-21(24,25)26/h1-6,11-12,32H,7-10H2,(H,30,34)(H,31,33)/b18-12+. The maximum Gasteiger partial charge on any atom is 0.419 e. The van der Waals surface area contributed by atoms with Crippen LogP contribution in [0.15, 0.2) is 48.2 Å². The smallest absolute Gasteiger partial charge is 0.419 e. The minimum absolute atomic E-state index is 0.0346. The van der Waals surface area contributed by atoms with Crippen molar-refractivity contribution in [3.8, 4) is 5.75 Å². The van der Waals surface area contributed by atoms with Gasteiger partial charge in [-0.25, -0.2) is 4.39 Å². The molecule has 0 saturated heterocycles. The van der Waals surface area contributed by atoms with Crippen molar-refractivity contribution >= 4 is 17.9 Å². The van der Waals surface area contributed by atoms with Crippen LogP contribution in [0.5, 0.6) is 5.75 Å². The van der Waals surface area contributed by atoms with Crippen molar-refractivity contribution in [3.05, 3.63) is 70.7 Å². The van der Waals surface area contributed by atoms with E-state index in [2.05, 4.69) is 10.6 Å². The van der Waals surface area contributed by atoms with Gasteiger partial charge in [-0.3, -0.25) is 9.59 Å². The summed E-state index contributed by atoms with van der Waals surface area (Å²) >= 11 is 0. The first-order valence-electron chi connectivity index (χ1n) is 9.88. The molecule has 0 atom stereocenters. The minimum atomic E-state index is -4.93. The Bertz CT molecular complexity index is 1060. The average molecular weight is 508 g/mol. The molecule has 2 aromatic rings. The van der Waals surface area contributed by atoms with Gasteiger partial charge >= 0.3 is 12.4 Å². The van der Waals surface area contributed by atoms with E-state index in [1.807, 2.05) is 0 Å². The first kappa shape index (κ1) is 27.6. The molecular formula is C22H19F7N2O4. The quantitative estimate of drug-likeness (QED) is 0.352. The molecule has 3 N–H and O–H groups in total. The fraction of sp³-hybridized carbons (Fsp3) is 0.273. The number of nitrogens with one attached hydrogen (secondary N) is 2. The normalized spacial score (nSPS) is 12.3. The molecule has 6 nitrogen and oxygen atoms in total. The Morgan fingerprint density at radius 2 is 1.66 bits per heavy atom. The molecule has 0 saturated carbocycles. The third kappa shape index (κ3) is 8.92. The molecule has 0 aliphatic heterocycles. The van der Waals surface area contributed by atoms with Gasteiger partial charge in [-0.05, 0) is 48.0 Å². The molecule has 0 radical (unpaired) electrons. The van der Waals surface area contributed by atoms with E-state index in [4.69, 9.17) is 9.84 Å². The van der Waals surface area contributed by atoms with Gasteiger partial charge in [0.2, 0.25) is 0 Å². The number of rotatable bonds is 9. The highest BCUT2D eigenvalue weighted by Crippen LogP contribution is 2.31. The number of amides is 2. The summed E-state index contributed by atoms with van der Waals surface area (Å²) in [5.41, 5.74) is -2.18. The fourth-order valence-corrected chi connectivity index (χ4v) is 2.62. The molecule has 0 heterocycles. The van der Waals surface area contributed by atoms with Gasteiger partial charge in [0, 0.05) is 12.1 Å². The second-order valence-corrected chi connectivity index (χ2v) is 6.97. The number of ether oxygens (including phenoxy) is 1. The summed E-state index contributed by atoms with van der Waals surface area (Å²) in [5.74, 6) is -3.30. The highest BCUT2D eigenvalue weighted by molar-refractivity contribution is 6.05. The third-order valence-electron chi connectivity index (χ3n) is 4.27. The Labute approximate surface area is 194 Å². The van der Waals surface area contributed by atoms with Crippen LogP contribution in [-0.2, 0) is 11.0 Å². The van der Waals surface area contributed by atoms with Crippen molar-refractivity contribution in [2.45, 2.75) is 18.8 Å². The SMILES string of the molecule is O=C(NCCO)/C(=C\c1ccc(C(F)(F)F)c(F)c1)NC(=O)c1ccc(OCCC(F)(F)F)cc1. The second-order valence-electron chi connectivity index (χ2n) is 6.97. The number of hydrogen-bond acceptors (Lipinski definition) is 4. The molecule has 2 aromatic carbocycles. The Morgan fingerprint density at radius 3 is 2.20 bits per heavy atom. The van der Waals surface area contributed by atoms with E-state index >= 15 is 0 Å². The zero-order valence-electron chi connectivity index (χ0n) is 17.8. The van der Waals surface area contributed by atoms with E-state index in [0.29, 0.717) is 12.1 Å². The molecule has 13 heteroatoms. The molecule has 190 valence electrons. The van der Waals surface area contributed by atoms with Crippen molar-refractivity contribution in [2.24, 2.45) is 0 Å². The highest BCUT2D eigenvalue weighted by Gasteiger charge is 2.34. The van der Waals surface area contributed by atoms with Crippen LogP contribution >= 0.6 is 0 Å². The first-order chi connectivity index (χ1) is 16.3. The topological polar surface area (TPSA) is 87.7 Å². The molecular weight excluding hydrogens is 489 g/mol. The lowest BCUT2D eigenvalue weighted by Crippen LogP contribution is -2.36. The van der Waals surface area contributed by atoms with Crippen molar-refractivity contribution in [1.82, 2.24) is 10.6 Å². The number of alkyl halides is 6. The van der Waals surface area contributed by atoms with Gasteiger partial charge in [-0.1, -0.05) is 6.07 Å². The summed E-state index contributed by atoms with van der Waals surface area (Å²) < 4.78 is 93.7. The van der Waals surface area contributed by atoms with Crippen LogP contribution in [0, 0.1) is 5.82 Å². The summed E-state index contributed by atoms with van der Waals surface area (Å²) in [6.45, 7) is -1.29. The van der Waals surface area contributed by atoms with E-state index < -0.39 is 60.9 Å². The van der Waals surface area contributed by atoms with E-state index in [0.717, 1.165) is 12.1 Å². The van der Waals surface area contributed by atoms with Crippen molar-refractivity contribution < 1.29 is 50.2 Å². The summed E-state index contributed by atoms with van der Waals surface area (Å²) in [7, 11) is 0. The van der Waals surface area contributed by atoms with E-state index in [1.165, 1.54) is 24.3 Å². The van der Waals surface area contributed by atoms with Gasteiger partial charge in [0.15, 0.2) is 0 Å². The van der Waals surface area contributed by atoms with Crippen molar-refractivity contribution in [1.29, 1.82) is 0 Å². The van der Waals surface area contributed by atoms with Gasteiger partial charge in [0.25, 0.3) is 11.8 Å². The summed E-state index contributed by atoms with van der Waals surface area (Å²) in [5, 5.41) is 13.3. The van der Waals surface area contributed by atoms with Crippen LogP contribution < -0.4 is 15.4 Å². The molecule has 0 unspecified atom stereocenters. The van der Waals surface area contributed by atoms with Gasteiger partial charge in [0.05, 0.1) is 25.2 Å². The predicted octanol–water partition coefficient (Wildman–Crippen LogP) is 4.06. The van der Waals surface area contributed by atoms with Gasteiger partial charge in [-0.2, -0.15) is 26.3 Å². The van der Waals surface area contributed by atoms with Crippen molar-refractivity contribution in [3.63, 3.8) is 0 Å². The maximum absolute atomic E-state index is 13.9. The fourth-order valence-electron chi connectivity index (χ4n) is 2.62. The third-order valence-corrected chi connectivity index (χ3v) is 4.27. The maximum atomic E-state index is 13.9. The van der Waals surface area contributed by atoms with Crippen LogP contribution in [0.25, 0.3) is 6.08 Å². The molecule has 35 heavy (non-hydrogen) atoms. The van der Waals surface area contributed by atoms with Crippen LogP contribution in [-0.4, -0.2) is 42.9 Å². The van der Waals surface area contributed by atoms with E-state index in [1.54, 1.807) is 0 Å². The average Bonchev–Trinajstić information content (AvgIpc) is 2.75. The summed E-state index contributed by atoms with van der Waals surface area (Å²) in [6.07, 6.45) is -9.56. The Morgan fingerprint density at radius 1 is 1.00 bits per heavy atom. The zero-order chi connectivity index (χ0) is 26.2. The number of carbonyl (C=O) groups is 2. The zero-order valence-corrected chi connectivity index (χ0v) is 17.8. The number of halogens is 7. The largest absolute Gasteiger partial charge is 0.493 e. The molecule has 0 fully saturated rings. The van der Waals surface area contributed by atoms with Crippen LogP contribution in [0.3, 0.4) is 0 Å². The number of aliphatic hydroxyl groups excluding tert-OH is 1. The molecule has 0 spiro atoms. The Kier molecular flexibility index (Phi) is 9.23. The lowest BCUT2D eigenvalue weighted by atomic mass is 10.1. The predicted molar refractivity (Wildman–Crippen MR) is 110 cm³/mol. The number of hydrogen-bond donors (Lipinski definition) is 3. The Hall–Kier alpha value is -3.61. The second kappa shape index (κ2) is 11.7. The number of benzene rings is 2. The van der Waals surface area contributed by atoms with Crippen LogP contribution in [0.2, 0.25) is 0 Å².